The lowest BCUT2D eigenvalue weighted by atomic mass is 10.1. The van der Waals surface area contributed by atoms with Gasteiger partial charge in [-0.25, -0.2) is 0 Å². The van der Waals surface area contributed by atoms with Gasteiger partial charge in [0.1, 0.15) is 11.4 Å². The monoisotopic (exact) mass is 242 g/mol. The van der Waals surface area contributed by atoms with E-state index in [4.69, 9.17) is 4.74 Å². The van der Waals surface area contributed by atoms with E-state index in [0.29, 0.717) is 0 Å². The summed E-state index contributed by atoms with van der Waals surface area (Å²) in [6.07, 6.45) is 0. The number of rotatable bonds is 1. The van der Waals surface area contributed by atoms with Crippen LogP contribution in [0.3, 0.4) is 0 Å². The van der Waals surface area contributed by atoms with Crippen molar-refractivity contribution in [2.75, 3.05) is 0 Å². The van der Waals surface area contributed by atoms with Crippen molar-refractivity contribution in [2.24, 2.45) is 0 Å². The van der Waals surface area contributed by atoms with Crippen molar-refractivity contribution in [3.05, 3.63) is 28.2 Å². The van der Waals surface area contributed by atoms with Gasteiger partial charge in [0.2, 0.25) is 0 Å². The molecule has 0 unspecified atom stereocenters. The summed E-state index contributed by atoms with van der Waals surface area (Å²) in [6, 6.07) is 6.07. The second kappa shape index (κ2) is 3.70. The molecule has 0 spiro atoms. The number of halogens is 1. The Morgan fingerprint density at radius 2 is 1.85 bits per heavy atom. The van der Waals surface area contributed by atoms with E-state index in [1.807, 2.05) is 45.9 Å². The summed E-state index contributed by atoms with van der Waals surface area (Å²) < 4.78 is 6.84. The maximum absolute atomic E-state index is 5.78. The Balaban J connectivity index is 2.94. The first-order chi connectivity index (χ1) is 5.88. The van der Waals surface area contributed by atoms with E-state index in [-0.39, 0.29) is 5.60 Å². The second-order valence-corrected chi connectivity index (χ2v) is 5.04. The molecule has 0 atom stereocenters. The molecule has 0 saturated carbocycles. The molecule has 0 amide bonds. The fraction of sp³-hybridized carbons (Fsp3) is 0.455. The third-order valence-electron chi connectivity index (χ3n) is 1.57. The molecule has 0 aliphatic rings. The molecule has 0 heterocycles. The number of benzene rings is 1. The normalized spacial score (nSPS) is 11.5. The summed E-state index contributed by atoms with van der Waals surface area (Å²) >= 11 is 3.42. The third-order valence-corrected chi connectivity index (χ3v) is 2.06. The molecule has 1 aromatic carbocycles. The van der Waals surface area contributed by atoms with Gasteiger partial charge in [-0.05, 0) is 45.4 Å². The molecule has 0 aliphatic heterocycles. The van der Waals surface area contributed by atoms with Crippen LogP contribution in [0.4, 0.5) is 0 Å². The van der Waals surface area contributed by atoms with Crippen molar-refractivity contribution in [3.8, 4) is 5.75 Å². The van der Waals surface area contributed by atoms with Crippen molar-refractivity contribution < 1.29 is 4.74 Å². The van der Waals surface area contributed by atoms with E-state index in [9.17, 15) is 0 Å². The second-order valence-electron chi connectivity index (χ2n) is 4.12. The van der Waals surface area contributed by atoms with E-state index < -0.39 is 0 Å². The highest BCUT2D eigenvalue weighted by Gasteiger charge is 2.13. The molecule has 0 aliphatic carbocycles. The zero-order valence-corrected chi connectivity index (χ0v) is 10.1. The van der Waals surface area contributed by atoms with Crippen LogP contribution in [-0.2, 0) is 0 Å². The first-order valence-corrected chi connectivity index (χ1v) is 5.13. The number of aryl methyl sites for hydroxylation is 1. The van der Waals surface area contributed by atoms with Crippen LogP contribution in [0.25, 0.3) is 0 Å². The van der Waals surface area contributed by atoms with Gasteiger partial charge in [0.05, 0.1) is 0 Å². The van der Waals surface area contributed by atoms with Crippen LogP contribution in [0, 0.1) is 6.92 Å². The predicted octanol–water partition coefficient (Wildman–Crippen LogP) is 3.93. The van der Waals surface area contributed by atoms with Gasteiger partial charge in [-0.15, -0.1) is 0 Å². The van der Waals surface area contributed by atoms with Crippen molar-refractivity contribution >= 4 is 15.9 Å². The molecule has 72 valence electrons. The minimum atomic E-state index is -0.133. The first-order valence-electron chi connectivity index (χ1n) is 4.34. The predicted molar refractivity (Wildman–Crippen MR) is 59.3 cm³/mol. The quantitative estimate of drug-likeness (QED) is 0.726. The van der Waals surface area contributed by atoms with Crippen molar-refractivity contribution in [3.63, 3.8) is 0 Å². The maximum Gasteiger partial charge on any atom is 0.124 e. The molecule has 1 rings (SSSR count). The van der Waals surface area contributed by atoms with E-state index in [2.05, 4.69) is 15.9 Å². The number of ether oxygens (including phenoxy) is 1. The van der Waals surface area contributed by atoms with Crippen molar-refractivity contribution in [1.29, 1.82) is 0 Å². The highest BCUT2D eigenvalue weighted by Crippen LogP contribution is 2.26. The van der Waals surface area contributed by atoms with Crippen LogP contribution in [0.2, 0.25) is 0 Å². The van der Waals surface area contributed by atoms with Crippen LogP contribution in [-0.4, -0.2) is 5.60 Å². The highest BCUT2D eigenvalue weighted by molar-refractivity contribution is 9.10. The average Bonchev–Trinajstić information content (AvgIpc) is 1.94. The number of hydrogen-bond acceptors (Lipinski definition) is 1. The molecular formula is C11H15BrO. The molecule has 0 aromatic heterocycles. The maximum atomic E-state index is 5.78. The van der Waals surface area contributed by atoms with Gasteiger partial charge in [-0.1, -0.05) is 22.0 Å². The summed E-state index contributed by atoms with van der Waals surface area (Å²) in [4.78, 5) is 0. The molecule has 13 heavy (non-hydrogen) atoms. The SMILES string of the molecule is Cc1ccc(Br)cc1OC(C)(C)C. The Bertz CT molecular complexity index is 299. The molecule has 0 radical (unpaired) electrons. The van der Waals surface area contributed by atoms with E-state index >= 15 is 0 Å². The number of hydrogen-bond donors (Lipinski definition) is 0. The minimum Gasteiger partial charge on any atom is -0.488 e. The fourth-order valence-electron chi connectivity index (χ4n) is 1.01. The largest absolute Gasteiger partial charge is 0.488 e. The van der Waals surface area contributed by atoms with Gasteiger partial charge in [0, 0.05) is 4.47 Å². The molecular weight excluding hydrogens is 228 g/mol. The van der Waals surface area contributed by atoms with Crippen LogP contribution in [0.1, 0.15) is 26.3 Å². The molecule has 0 saturated heterocycles. The lowest BCUT2D eigenvalue weighted by Gasteiger charge is -2.22. The van der Waals surface area contributed by atoms with Gasteiger partial charge in [0.15, 0.2) is 0 Å². The summed E-state index contributed by atoms with van der Waals surface area (Å²) in [5.41, 5.74) is 1.03. The Morgan fingerprint density at radius 1 is 1.23 bits per heavy atom. The molecule has 0 N–H and O–H groups in total. The minimum absolute atomic E-state index is 0.133. The Morgan fingerprint density at radius 3 is 2.38 bits per heavy atom. The van der Waals surface area contributed by atoms with E-state index in [1.54, 1.807) is 0 Å². The summed E-state index contributed by atoms with van der Waals surface area (Å²) in [5, 5.41) is 0. The zero-order chi connectivity index (χ0) is 10.1. The van der Waals surface area contributed by atoms with Gasteiger partial charge in [0.25, 0.3) is 0 Å². The van der Waals surface area contributed by atoms with Crippen LogP contribution >= 0.6 is 15.9 Å². The van der Waals surface area contributed by atoms with Gasteiger partial charge >= 0.3 is 0 Å². The zero-order valence-electron chi connectivity index (χ0n) is 8.52. The van der Waals surface area contributed by atoms with Crippen LogP contribution in [0.15, 0.2) is 22.7 Å². The highest BCUT2D eigenvalue weighted by atomic mass is 79.9. The summed E-state index contributed by atoms with van der Waals surface area (Å²) in [7, 11) is 0. The first kappa shape index (κ1) is 10.6. The topological polar surface area (TPSA) is 9.23 Å². The Labute approximate surface area is 88.2 Å². The Kier molecular flexibility index (Phi) is 3.01. The molecule has 1 nitrogen and oxygen atoms in total. The molecule has 1 aromatic rings. The Hall–Kier alpha value is -0.500. The third kappa shape index (κ3) is 3.39. The fourth-order valence-corrected chi connectivity index (χ4v) is 1.35. The van der Waals surface area contributed by atoms with Crippen LogP contribution < -0.4 is 4.74 Å². The lowest BCUT2D eigenvalue weighted by Crippen LogP contribution is -2.23. The summed E-state index contributed by atoms with van der Waals surface area (Å²) in [5.74, 6) is 0.946. The molecule has 0 fully saturated rings. The van der Waals surface area contributed by atoms with Gasteiger partial charge in [-0.3, -0.25) is 0 Å². The molecule has 2 heteroatoms. The molecule has 0 bridgehead atoms. The van der Waals surface area contributed by atoms with Crippen LogP contribution in [0.5, 0.6) is 5.75 Å². The van der Waals surface area contributed by atoms with E-state index in [1.165, 1.54) is 0 Å². The summed E-state index contributed by atoms with van der Waals surface area (Å²) in [6.45, 7) is 8.20. The standard InChI is InChI=1S/C11H15BrO/c1-8-5-6-9(12)7-10(8)13-11(2,3)4/h5-7H,1-4H3. The van der Waals surface area contributed by atoms with Gasteiger partial charge < -0.3 is 4.74 Å². The van der Waals surface area contributed by atoms with E-state index in [0.717, 1.165) is 15.8 Å². The lowest BCUT2D eigenvalue weighted by molar-refractivity contribution is 0.130. The van der Waals surface area contributed by atoms with Gasteiger partial charge in [-0.2, -0.15) is 0 Å². The van der Waals surface area contributed by atoms with Crippen molar-refractivity contribution in [1.82, 2.24) is 0 Å². The average molecular weight is 243 g/mol. The van der Waals surface area contributed by atoms with Crippen molar-refractivity contribution in [2.45, 2.75) is 33.3 Å². The smallest absolute Gasteiger partial charge is 0.124 e.